The average Bonchev–Trinajstić information content (AvgIpc) is 2.48. The molecule has 0 fully saturated rings. The first-order valence-corrected chi connectivity index (χ1v) is 6.87. The van der Waals surface area contributed by atoms with Crippen molar-refractivity contribution in [1.29, 1.82) is 0 Å². The first kappa shape index (κ1) is 14.9. The van der Waals surface area contributed by atoms with Gasteiger partial charge >= 0.3 is 0 Å². The summed E-state index contributed by atoms with van der Waals surface area (Å²) >= 11 is 0. The second-order valence-corrected chi connectivity index (χ2v) is 5.00. The number of hydrogen-bond donors (Lipinski definition) is 2. The van der Waals surface area contributed by atoms with Crippen LogP contribution in [-0.4, -0.2) is 28.1 Å². The fourth-order valence-electron chi connectivity index (χ4n) is 2.21. The van der Waals surface area contributed by atoms with Crippen molar-refractivity contribution in [2.24, 2.45) is 0 Å². The highest BCUT2D eigenvalue weighted by atomic mass is 16.3. The summed E-state index contributed by atoms with van der Waals surface area (Å²) in [5.74, 6) is -0.460. The number of carbonyl (C=O) groups excluding carboxylic acids is 1. The second kappa shape index (κ2) is 6.31. The summed E-state index contributed by atoms with van der Waals surface area (Å²) < 4.78 is 0. The van der Waals surface area contributed by atoms with Crippen molar-refractivity contribution in [1.82, 2.24) is 4.90 Å². The minimum atomic E-state index is -0.272. The molecule has 110 valence electrons. The van der Waals surface area contributed by atoms with Crippen LogP contribution in [0.25, 0.3) is 0 Å². The third kappa shape index (κ3) is 3.34. The van der Waals surface area contributed by atoms with Gasteiger partial charge < -0.3 is 15.1 Å². The first-order chi connectivity index (χ1) is 10.0. The Labute approximate surface area is 124 Å². The monoisotopic (exact) mass is 285 g/mol. The minimum Gasteiger partial charge on any atom is -0.508 e. The number of phenols is 2. The summed E-state index contributed by atoms with van der Waals surface area (Å²) in [7, 11) is 1.69. The van der Waals surface area contributed by atoms with Crippen LogP contribution in [0.1, 0.15) is 28.4 Å². The first-order valence-electron chi connectivity index (χ1n) is 6.87. The lowest BCUT2D eigenvalue weighted by atomic mass is 10.1. The van der Waals surface area contributed by atoms with E-state index < -0.39 is 0 Å². The van der Waals surface area contributed by atoms with Crippen LogP contribution in [-0.2, 0) is 13.0 Å². The molecular formula is C17H19NO3. The molecule has 0 saturated carbocycles. The Kier molecular flexibility index (Phi) is 4.48. The fourth-order valence-corrected chi connectivity index (χ4v) is 2.21. The molecule has 0 aromatic heterocycles. The molecule has 21 heavy (non-hydrogen) atoms. The summed E-state index contributed by atoms with van der Waals surface area (Å²) in [5, 5.41) is 19.6. The third-order valence-corrected chi connectivity index (χ3v) is 3.42. The van der Waals surface area contributed by atoms with E-state index in [1.807, 2.05) is 37.3 Å². The summed E-state index contributed by atoms with van der Waals surface area (Å²) in [4.78, 5) is 14.0. The Balaban J connectivity index is 2.23. The Bertz CT molecular complexity index is 638. The molecule has 0 heterocycles. The zero-order valence-corrected chi connectivity index (χ0v) is 12.2. The molecule has 1 amide bonds. The van der Waals surface area contributed by atoms with Gasteiger partial charge in [-0.25, -0.2) is 0 Å². The Hall–Kier alpha value is -2.49. The van der Waals surface area contributed by atoms with E-state index in [1.54, 1.807) is 18.0 Å². The van der Waals surface area contributed by atoms with Crippen LogP contribution in [0, 0.1) is 0 Å². The van der Waals surface area contributed by atoms with E-state index in [-0.39, 0.29) is 23.0 Å². The van der Waals surface area contributed by atoms with Gasteiger partial charge in [-0.15, -0.1) is 0 Å². The van der Waals surface area contributed by atoms with Crippen LogP contribution in [0.4, 0.5) is 0 Å². The minimum absolute atomic E-state index is 0.0114. The van der Waals surface area contributed by atoms with Gasteiger partial charge in [-0.3, -0.25) is 4.79 Å². The highest BCUT2D eigenvalue weighted by Crippen LogP contribution is 2.28. The lowest BCUT2D eigenvalue weighted by Crippen LogP contribution is -2.26. The van der Waals surface area contributed by atoms with Crippen molar-refractivity contribution < 1.29 is 15.0 Å². The van der Waals surface area contributed by atoms with Gasteiger partial charge in [0.2, 0.25) is 0 Å². The van der Waals surface area contributed by atoms with Gasteiger partial charge in [0.15, 0.2) is 0 Å². The zero-order valence-electron chi connectivity index (χ0n) is 12.2. The number of phenolic OH excluding ortho intramolecular Hbond substituents is 2. The molecule has 4 nitrogen and oxygen atoms in total. The number of carbonyl (C=O) groups is 1. The Morgan fingerprint density at radius 2 is 1.76 bits per heavy atom. The lowest BCUT2D eigenvalue weighted by molar-refractivity contribution is 0.0782. The van der Waals surface area contributed by atoms with Gasteiger partial charge in [0.05, 0.1) is 5.56 Å². The van der Waals surface area contributed by atoms with Gasteiger partial charge in [-0.2, -0.15) is 0 Å². The molecule has 0 saturated heterocycles. The van der Waals surface area contributed by atoms with Crippen LogP contribution in [0.5, 0.6) is 11.5 Å². The summed E-state index contributed by atoms with van der Waals surface area (Å²) in [6.07, 6.45) is 0.592. The predicted molar refractivity (Wildman–Crippen MR) is 81.4 cm³/mol. The van der Waals surface area contributed by atoms with Crippen LogP contribution >= 0.6 is 0 Å². The molecule has 2 rings (SSSR count). The molecule has 2 aromatic carbocycles. The van der Waals surface area contributed by atoms with E-state index in [0.29, 0.717) is 18.5 Å². The predicted octanol–water partition coefficient (Wildman–Crippen LogP) is 2.93. The molecular weight excluding hydrogens is 266 g/mol. The lowest BCUT2D eigenvalue weighted by Gasteiger charge is -2.18. The second-order valence-electron chi connectivity index (χ2n) is 5.00. The Morgan fingerprint density at radius 1 is 1.10 bits per heavy atom. The number of aromatic hydroxyl groups is 2. The maximum Gasteiger partial charge on any atom is 0.257 e. The smallest absolute Gasteiger partial charge is 0.257 e. The van der Waals surface area contributed by atoms with E-state index in [9.17, 15) is 15.0 Å². The van der Waals surface area contributed by atoms with Crippen molar-refractivity contribution >= 4 is 5.91 Å². The molecule has 0 spiro atoms. The molecule has 0 radical (unpaired) electrons. The number of aryl methyl sites for hydroxylation is 1. The summed E-state index contributed by atoms with van der Waals surface area (Å²) in [6.45, 7) is 2.34. The molecule has 2 aromatic rings. The van der Waals surface area contributed by atoms with Crippen molar-refractivity contribution in [3.8, 4) is 11.5 Å². The van der Waals surface area contributed by atoms with Gasteiger partial charge in [0.25, 0.3) is 5.91 Å². The van der Waals surface area contributed by atoms with Crippen molar-refractivity contribution in [2.75, 3.05) is 7.05 Å². The SMILES string of the molecule is CCc1cc(C(=O)N(C)Cc2ccccc2)c(O)cc1O. The molecule has 2 N–H and O–H groups in total. The van der Waals surface area contributed by atoms with Crippen molar-refractivity contribution in [2.45, 2.75) is 19.9 Å². The number of amides is 1. The van der Waals surface area contributed by atoms with E-state index in [1.165, 1.54) is 6.07 Å². The van der Waals surface area contributed by atoms with Gasteiger partial charge in [0.1, 0.15) is 11.5 Å². The van der Waals surface area contributed by atoms with Crippen LogP contribution in [0.2, 0.25) is 0 Å². The largest absolute Gasteiger partial charge is 0.508 e. The highest BCUT2D eigenvalue weighted by molar-refractivity contribution is 5.97. The van der Waals surface area contributed by atoms with Crippen molar-refractivity contribution in [3.05, 3.63) is 59.2 Å². The number of rotatable bonds is 4. The highest BCUT2D eigenvalue weighted by Gasteiger charge is 2.18. The van der Waals surface area contributed by atoms with Crippen LogP contribution in [0.3, 0.4) is 0 Å². The summed E-state index contributed by atoms with van der Waals surface area (Å²) in [6, 6.07) is 12.4. The standard InChI is InChI=1S/C17H19NO3/c1-3-13-9-14(16(20)10-15(13)19)17(21)18(2)11-12-7-5-4-6-8-12/h4-10,19-20H,3,11H2,1-2H3. The van der Waals surface area contributed by atoms with E-state index >= 15 is 0 Å². The fraction of sp³-hybridized carbons (Fsp3) is 0.235. The molecule has 0 aliphatic rings. The van der Waals surface area contributed by atoms with Crippen LogP contribution in [0.15, 0.2) is 42.5 Å². The molecule has 0 unspecified atom stereocenters. The van der Waals surface area contributed by atoms with Gasteiger partial charge in [-0.1, -0.05) is 37.3 Å². The quantitative estimate of drug-likeness (QED) is 0.908. The van der Waals surface area contributed by atoms with E-state index in [0.717, 1.165) is 5.56 Å². The average molecular weight is 285 g/mol. The molecule has 4 heteroatoms. The number of hydrogen-bond acceptors (Lipinski definition) is 3. The maximum atomic E-state index is 12.4. The van der Waals surface area contributed by atoms with E-state index in [2.05, 4.69) is 0 Å². The maximum absolute atomic E-state index is 12.4. The molecule has 0 aliphatic carbocycles. The normalized spacial score (nSPS) is 10.4. The van der Waals surface area contributed by atoms with E-state index in [4.69, 9.17) is 0 Å². The molecule has 0 bridgehead atoms. The van der Waals surface area contributed by atoms with Crippen LogP contribution < -0.4 is 0 Å². The summed E-state index contributed by atoms with van der Waals surface area (Å²) in [5.41, 5.74) is 1.87. The van der Waals surface area contributed by atoms with Crippen molar-refractivity contribution in [3.63, 3.8) is 0 Å². The third-order valence-electron chi connectivity index (χ3n) is 3.42. The topological polar surface area (TPSA) is 60.8 Å². The van der Waals surface area contributed by atoms with Gasteiger partial charge in [0, 0.05) is 19.7 Å². The molecule has 0 atom stereocenters. The molecule has 0 aliphatic heterocycles. The van der Waals surface area contributed by atoms with Gasteiger partial charge in [-0.05, 0) is 23.6 Å². The Morgan fingerprint density at radius 3 is 2.38 bits per heavy atom. The number of benzene rings is 2. The number of nitrogens with zero attached hydrogens (tertiary/aromatic N) is 1. The zero-order chi connectivity index (χ0) is 15.4.